The van der Waals surface area contributed by atoms with Gasteiger partial charge in [-0.05, 0) is 74.3 Å². The van der Waals surface area contributed by atoms with Gasteiger partial charge in [-0.25, -0.2) is 4.98 Å². The summed E-state index contributed by atoms with van der Waals surface area (Å²) >= 11 is 0. The van der Waals surface area contributed by atoms with E-state index in [0.717, 1.165) is 93.4 Å². The number of amides is 1. The number of hydrogen-bond acceptors (Lipinski definition) is 7. The van der Waals surface area contributed by atoms with E-state index in [4.69, 9.17) is 4.74 Å². The number of carbonyl (C=O) groups is 1. The molecule has 4 heterocycles. The van der Waals surface area contributed by atoms with Gasteiger partial charge in [0.05, 0.1) is 25.1 Å². The molecule has 224 valence electrons. The zero-order chi connectivity index (χ0) is 29.5. The lowest BCUT2D eigenvalue weighted by Gasteiger charge is -2.35. The summed E-state index contributed by atoms with van der Waals surface area (Å²) in [5.41, 5.74) is 8.79. The van der Waals surface area contributed by atoms with Gasteiger partial charge in [0.15, 0.2) is 0 Å². The van der Waals surface area contributed by atoms with Crippen LogP contribution in [0.2, 0.25) is 0 Å². The Balaban J connectivity index is 1.11. The zero-order valence-electron chi connectivity index (χ0n) is 25.4. The number of fused-ring (bicyclic) bond motifs is 2. The number of benzene rings is 1. The normalized spacial score (nSPS) is 20.7. The molecule has 1 amide bonds. The van der Waals surface area contributed by atoms with Crippen molar-refractivity contribution < 1.29 is 9.53 Å². The van der Waals surface area contributed by atoms with Gasteiger partial charge in [0.1, 0.15) is 5.82 Å². The molecule has 1 N–H and O–H groups in total. The van der Waals surface area contributed by atoms with Crippen LogP contribution in [-0.2, 0) is 18.3 Å². The highest BCUT2D eigenvalue weighted by Crippen LogP contribution is 2.47. The molecular weight excluding hydrogens is 538 g/mol. The van der Waals surface area contributed by atoms with Crippen LogP contribution in [0.4, 0.5) is 5.82 Å². The van der Waals surface area contributed by atoms with Crippen LogP contribution < -0.4 is 10.2 Å². The minimum absolute atomic E-state index is 0.0796. The molecule has 0 spiro atoms. The first-order valence-electron chi connectivity index (χ1n) is 15.5. The second-order valence-corrected chi connectivity index (χ2v) is 12.5. The molecule has 9 nitrogen and oxygen atoms in total. The Morgan fingerprint density at radius 3 is 2.65 bits per heavy atom. The number of aromatic nitrogens is 3. The van der Waals surface area contributed by atoms with Crippen LogP contribution in [0.5, 0.6) is 0 Å². The van der Waals surface area contributed by atoms with Crippen molar-refractivity contribution in [2.75, 3.05) is 58.4 Å². The second kappa shape index (κ2) is 11.7. The highest BCUT2D eigenvalue weighted by atomic mass is 16.5. The van der Waals surface area contributed by atoms with E-state index >= 15 is 0 Å². The number of pyridine rings is 1. The van der Waals surface area contributed by atoms with Gasteiger partial charge in [0, 0.05) is 74.8 Å². The molecule has 0 radical (unpaired) electrons. The van der Waals surface area contributed by atoms with Crippen LogP contribution in [-0.4, -0.2) is 90.0 Å². The van der Waals surface area contributed by atoms with Gasteiger partial charge in [-0.15, -0.1) is 0 Å². The maximum atomic E-state index is 13.6. The van der Waals surface area contributed by atoms with Crippen molar-refractivity contribution in [3.05, 3.63) is 76.4 Å². The molecule has 1 atom stereocenters. The Morgan fingerprint density at radius 2 is 1.86 bits per heavy atom. The van der Waals surface area contributed by atoms with E-state index < -0.39 is 0 Å². The van der Waals surface area contributed by atoms with Gasteiger partial charge in [-0.1, -0.05) is 23.8 Å². The van der Waals surface area contributed by atoms with Crippen molar-refractivity contribution in [1.82, 2.24) is 29.9 Å². The van der Waals surface area contributed by atoms with Gasteiger partial charge < -0.3 is 19.9 Å². The summed E-state index contributed by atoms with van der Waals surface area (Å²) in [6.45, 7) is 6.16. The summed E-state index contributed by atoms with van der Waals surface area (Å²) in [5.74, 6) is 1.07. The van der Waals surface area contributed by atoms with Crippen LogP contribution in [0.3, 0.4) is 0 Å². The zero-order valence-corrected chi connectivity index (χ0v) is 25.4. The van der Waals surface area contributed by atoms with Crippen molar-refractivity contribution in [1.29, 1.82) is 0 Å². The third-order valence-corrected chi connectivity index (χ3v) is 9.48. The molecule has 1 unspecified atom stereocenters. The number of hydrogen-bond donors (Lipinski definition) is 1. The van der Waals surface area contributed by atoms with Gasteiger partial charge in [-0.3, -0.25) is 14.4 Å². The fourth-order valence-corrected chi connectivity index (χ4v) is 6.65. The lowest BCUT2D eigenvalue weighted by Crippen LogP contribution is -2.42. The third-order valence-electron chi connectivity index (χ3n) is 9.48. The average Bonchev–Trinajstić information content (AvgIpc) is 3.73. The first-order chi connectivity index (χ1) is 20.9. The van der Waals surface area contributed by atoms with E-state index in [0.29, 0.717) is 11.6 Å². The van der Waals surface area contributed by atoms with E-state index in [9.17, 15) is 4.79 Å². The standard InChI is InChI=1S/C34H41N7O2/c1-38(2)28-7-10-41(11-8-28)33-20-25(6-9-35-33)34(42)37-31-19-26-17-24(5-4-23(26)16-27-18-29(27)31)30-21-36-39(3)32(30)22-40-12-14-43-15-13-40/h4-6,9,16-17,19-21,28-29H,7-8,10-15,18,22H2,1-3H3,(H,37,42). The van der Waals surface area contributed by atoms with E-state index in [1.54, 1.807) is 6.20 Å². The number of anilines is 1. The van der Waals surface area contributed by atoms with Crippen LogP contribution in [0.25, 0.3) is 23.3 Å². The predicted molar refractivity (Wildman–Crippen MR) is 169 cm³/mol. The molecule has 4 aliphatic rings. The maximum Gasteiger partial charge on any atom is 0.255 e. The quantitative estimate of drug-likeness (QED) is 0.453. The van der Waals surface area contributed by atoms with E-state index in [-0.39, 0.29) is 11.8 Å². The Hall–Kier alpha value is -3.79. The third kappa shape index (κ3) is 5.89. The summed E-state index contributed by atoms with van der Waals surface area (Å²) in [6.07, 6.45) is 11.4. The minimum Gasteiger partial charge on any atom is -0.379 e. The molecule has 3 fully saturated rings. The topological polar surface area (TPSA) is 78.8 Å². The fourth-order valence-electron chi connectivity index (χ4n) is 6.65. The van der Waals surface area contributed by atoms with Gasteiger partial charge >= 0.3 is 0 Å². The Labute approximate surface area is 253 Å². The molecule has 2 aliphatic carbocycles. The second-order valence-electron chi connectivity index (χ2n) is 12.5. The van der Waals surface area contributed by atoms with Crippen LogP contribution in [0, 0.1) is 5.92 Å². The summed E-state index contributed by atoms with van der Waals surface area (Å²) in [6, 6.07) is 11.0. The monoisotopic (exact) mass is 579 g/mol. The first kappa shape index (κ1) is 28.0. The van der Waals surface area contributed by atoms with E-state index in [2.05, 4.69) is 74.5 Å². The predicted octanol–water partition coefficient (Wildman–Crippen LogP) is 4.03. The number of allylic oxidation sites excluding steroid dienone is 1. The summed E-state index contributed by atoms with van der Waals surface area (Å²) in [5, 5.41) is 7.89. The molecule has 1 saturated carbocycles. The molecule has 43 heavy (non-hydrogen) atoms. The molecule has 7 rings (SSSR count). The van der Waals surface area contributed by atoms with Crippen LogP contribution >= 0.6 is 0 Å². The van der Waals surface area contributed by atoms with Crippen molar-refractivity contribution in [3.63, 3.8) is 0 Å². The number of aryl methyl sites for hydroxylation is 1. The number of carbonyl (C=O) groups excluding carboxylic acids is 1. The highest BCUT2D eigenvalue weighted by Gasteiger charge is 2.36. The minimum atomic E-state index is -0.0796. The molecule has 1 aromatic carbocycles. The summed E-state index contributed by atoms with van der Waals surface area (Å²) in [7, 11) is 6.31. The van der Waals surface area contributed by atoms with E-state index in [1.165, 1.54) is 16.8 Å². The number of piperidine rings is 1. The lowest BCUT2D eigenvalue weighted by atomic mass is 9.98. The van der Waals surface area contributed by atoms with Gasteiger partial charge in [0.25, 0.3) is 5.91 Å². The molecule has 3 aromatic rings. The first-order valence-corrected chi connectivity index (χ1v) is 15.5. The fraction of sp³-hybridized carbons (Fsp3) is 0.441. The lowest BCUT2D eigenvalue weighted by molar-refractivity contribution is 0.0332. The van der Waals surface area contributed by atoms with Gasteiger partial charge in [-0.2, -0.15) is 5.10 Å². The van der Waals surface area contributed by atoms with Crippen molar-refractivity contribution >= 4 is 23.9 Å². The average molecular weight is 580 g/mol. The molecule has 0 bridgehead atoms. The van der Waals surface area contributed by atoms with Crippen molar-refractivity contribution in [3.8, 4) is 11.1 Å². The smallest absolute Gasteiger partial charge is 0.255 e. The Morgan fingerprint density at radius 1 is 1.05 bits per heavy atom. The Bertz CT molecular complexity index is 1570. The molecule has 2 aliphatic heterocycles. The maximum absolute atomic E-state index is 13.6. The largest absolute Gasteiger partial charge is 0.379 e. The summed E-state index contributed by atoms with van der Waals surface area (Å²) in [4.78, 5) is 25.2. The van der Waals surface area contributed by atoms with Crippen molar-refractivity contribution in [2.45, 2.75) is 31.8 Å². The van der Waals surface area contributed by atoms with Crippen LogP contribution in [0.1, 0.15) is 46.4 Å². The number of ether oxygens (including phenoxy) is 1. The summed E-state index contributed by atoms with van der Waals surface area (Å²) < 4.78 is 7.54. The SMILES string of the molecule is CN(C)C1CCN(c2cc(C(=O)NC3=Cc4cc(-c5cnn(C)c5CN5CCOCC5)ccc4C=C4CC43)ccn2)CC1. The van der Waals surface area contributed by atoms with E-state index in [1.807, 2.05) is 30.1 Å². The molecular formula is C34H41N7O2. The van der Waals surface area contributed by atoms with Crippen molar-refractivity contribution in [2.24, 2.45) is 13.0 Å². The number of rotatable bonds is 7. The van der Waals surface area contributed by atoms with Gasteiger partial charge in [0.2, 0.25) is 0 Å². The highest BCUT2D eigenvalue weighted by molar-refractivity contribution is 5.97. The molecule has 2 saturated heterocycles. The Kier molecular flexibility index (Phi) is 7.63. The molecule has 2 aromatic heterocycles. The number of nitrogens with zero attached hydrogens (tertiary/aromatic N) is 6. The molecule has 9 heteroatoms. The van der Waals surface area contributed by atoms with Crippen LogP contribution in [0.15, 0.2) is 54.0 Å². The number of morpholine rings is 1. The number of nitrogens with one attached hydrogen (secondary N) is 1.